The number of carbonyl (C=O) groups is 1. The van der Waals surface area contributed by atoms with Crippen LogP contribution >= 0.6 is 22.6 Å². The van der Waals surface area contributed by atoms with Crippen LogP contribution in [0.2, 0.25) is 0 Å². The summed E-state index contributed by atoms with van der Waals surface area (Å²) >= 11 is 2.13. The second kappa shape index (κ2) is 6.53. The molecular weight excluding hydrogens is 387 g/mol. The van der Waals surface area contributed by atoms with Gasteiger partial charge in [0.25, 0.3) is 11.6 Å². The molecule has 0 bridgehead atoms. The molecule has 0 aliphatic carbocycles. The molecule has 0 saturated carbocycles. The van der Waals surface area contributed by atoms with Crippen LogP contribution in [0.3, 0.4) is 0 Å². The summed E-state index contributed by atoms with van der Waals surface area (Å²) in [5.41, 5.74) is 0.564. The van der Waals surface area contributed by atoms with Gasteiger partial charge in [-0.15, -0.1) is 0 Å². The Labute approximate surface area is 134 Å². The van der Waals surface area contributed by atoms with Crippen molar-refractivity contribution >= 4 is 39.9 Å². The molecule has 1 N–H and O–H groups in total. The Morgan fingerprint density at radius 2 is 2.05 bits per heavy atom. The number of anilines is 1. The summed E-state index contributed by atoms with van der Waals surface area (Å²) in [6.07, 6.45) is 0. The highest BCUT2D eigenvalue weighted by atomic mass is 127. The Morgan fingerprint density at radius 3 is 2.67 bits per heavy atom. The number of carbonyl (C=O) groups excluding carboxylic acids is 1. The van der Waals surface area contributed by atoms with Crippen LogP contribution in [0, 0.1) is 13.7 Å². The summed E-state index contributed by atoms with van der Waals surface area (Å²) in [7, 11) is 1.41. The van der Waals surface area contributed by atoms with Crippen molar-refractivity contribution in [3.63, 3.8) is 0 Å². The lowest BCUT2D eigenvalue weighted by atomic mass is 10.1. The van der Waals surface area contributed by atoms with E-state index in [2.05, 4.69) is 27.9 Å². The number of nitrogens with zero attached hydrogens (tertiary/aromatic N) is 1. The van der Waals surface area contributed by atoms with Crippen molar-refractivity contribution in [2.75, 3.05) is 12.4 Å². The minimum absolute atomic E-state index is 0.116. The van der Waals surface area contributed by atoms with Gasteiger partial charge in [0, 0.05) is 21.4 Å². The predicted molar refractivity (Wildman–Crippen MR) is 86.8 cm³/mol. The summed E-state index contributed by atoms with van der Waals surface area (Å²) in [5, 5.41) is 13.5. The van der Waals surface area contributed by atoms with Gasteiger partial charge in [-0.3, -0.25) is 14.9 Å². The number of nitrogens with one attached hydrogen (secondary N) is 1. The van der Waals surface area contributed by atoms with Crippen molar-refractivity contribution in [3.8, 4) is 5.75 Å². The van der Waals surface area contributed by atoms with Gasteiger partial charge in [-0.1, -0.05) is 6.07 Å². The maximum Gasteiger partial charge on any atom is 0.270 e. The monoisotopic (exact) mass is 398 g/mol. The molecule has 0 radical (unpaired) electrons. The largest absolute Gasteiger partial charge is 0.496 e. The first-order valence-corrected chi connectivity index (χ1v) is 6.98. The van der Waals surface area contributed by atoms with Crippen LogP contribution in [-0.4, -0.2) is 17.9 Å². The molecule has 0 unspecified atom stereocenters. The summed E-state index contributed by atoms with van der Waals surface area (Å²) < 4.78 is 6.05. The zero-order valence-corrected chi connectivity index (χ0v) is 13.2. The van der Waals surface area contributed by atoms with Gasteiger partial charge in [0.2, 0.25) is 0 Å². The molecule has 0 atom stereocenters. The van der Waals surface area contributed by atoms with E-state index < -0.39 is 10.8 Å². The zero-order chi connectivity index (χ0) is 15.4. The van der Waals surface area contributed by atoms with Crippen molar-refractivity contribution in [3.05, 3.63) is 61.7 Å². The summed E-state index contributed by atoms with van der Waals surface area (Å²) in [5.74, 6) is -0.179. The van der Waals surface area contributed by atoms with Crippen molar-refractivity contribution in [2.45, 2.75) is 0 Å². The maximum absolute atomic E-state index is 12.3. The smallest absolute Gasteiger partial charge is 0.270 e. The number of rotatable bonds is 4. The molecule has 0 spiro atoms. The Bertz CT molecular complexity index is 703. The molecule has 0 aliphatic rings. The number of hydrogen-bond donors (Lipinski definition) is 1. The second-order valence-electron chi connectivity index (χ2n) is 4.11. The number of halogens is 1. The van der Waals surface area contributed by atoms with Crippen LogP contribution in [0.5, 0.6) is 5.75 Å². The van der Waals surface area contributed by atoms with Gasteiger partial charge in [-0.2, -0.15) is 0 Å². The number of non-ortho nitro benzene ring substituents is 1. The Hall–Kier alpha value is -2.16. The molecule has 2 aromatic rings. The third-order valence-electron chi connectivity index (χ3n) is 2.72. The van der Waals surface area contributed by atoms with Crippen LogP contribution < -0.4 is 10.1 Å². The third kappa shape index (κ3) is 3.69. The Kier molecular flexibility index (Phi) is 4.73. The molecule has 2 rings (SSSR count). The van der Waals surface area contributed by atoms with E-state index in [0.717, 1.165) is 3.57 Å². The summed E-state index contributed by atoms with van der Waals surface area (Å²) in [6, 6.07) is 11.1. The average Bonchev–Trinajstić information content (AvgIpc) is 2.46. The summed E-state index contributed by atoms with van der Waals surface area (Å²) in [4.78, 5) is 22.5. The van der Waals surface area contributed by atoms with Gasteiger partial charge in [-0.25, -0.2) is 0 Å². The van der Waals surface area contributed by atoms with Crippen molar-refractivity contribution in [1.82, 2.24) is 0 Å². The molecule has 0 aromatic heterocycles. The quantitative estimate of drug-likeness (QED) is 0.486. The van der Waals surface area contributed by atoms with Gasteiger partial charge >= 0.3 is 0 Å². The first kappa shape index (κ1) is 15.2. The fraction of sp³-hybridized carbons (Fsp3) is 0.0714. The van der Waals surface area contributed by atoms with Crippen LogP contribution in [0.4, 0.5) is 11.4 Å². The zero-order valence-electron chi connectivity index (χ0n) is 11.0. The first-order chi connectivity index (χ1) is 10.0. The Balaban J connectivity index is 2.33. The fourth-order valence-electron chi connectivity index (χ4n) is 1.75. The number of nitro groups is 1. The number of nitro benzene ring substituents is 1. The minimum Gasteiger partial charge on any atom is -0.496 e. The van der Waals surface area contributed by atoms with E-state index in [1.54, 1.807) is 12.1 Å². The van der Waals surface area contributed by atoms with Crippen LogP contribution in [0.25, 0.3) is 0 Å². The molecule has 21 heavy (non-hydrogen) atoms. The molecule has 0 saturated heterocycles. The van der Waals surface area contributed by atoms with Crippen molar-refractivity contribution in [2.24, 2.45) is 0 Å². The molecule has 0 aliphatic heterocycles. The molecule has 7 heteroatoms. The molecule has 2 aromatic carbocycles. The van der Waals surface area contributed by atoms with E-state index in [-0.39, 0.29) is 17.0 Å². The fourth-order valence-corrected chi connectivity index (χ4v) is 2.29. The van der Waals surface area contributed by atoms with E-state index in [9.17, 15) is 14.9 Å². The van der Waals surface area contributed by atoms with Crippen LogP contribution in [0.1, 0.15) is 10.4 Å². The van der Waals surface area contributed by atoms with E-state index >= 15 is 0 Å². The Morgan fingerprint density at radius 1 is 1.29 bits per heavy atom. The van der Waals surface area contributed by atoms with Gasteiger partial charge in [0.05, 0.1) is 17.6 Å². The number of ether oxygens (including phenoxy) is 1. The highest BCUT2D eigenvalue weighted by molar-refractivity contribution is 14.1. The SMILES string of the molecule is COc1ccc([N+](=O)[O-])cc1C(=O)Nc1cccc(I)c1. The van der Waals surface area contributed by atoms with E-state index in [0.29, 0.717) is 5.69 Å². The number of hydrogen-bond acceptors (Lipinski definition) is 4. The lowest BCUT2D eigenvalue weighted by molar-refractivity contribution is -0.384. The summed E-state index contributed by atoms with van der Waals surface area (Å²) in [6.45, 7) is 0. The predicted octanol–water partition coefficient (Wildman–Crippen LogP) is 3.46. The number of benzene rings is 2. The normalized spacial score (nSPS) is 10.0. The molecule has 6 nitrogen and oxygen atoms in total. The molecule has 0 heterocycles. The lowest BCUT2D eigenvalue weighted by Crippen LogP contribution is -2.13. The maximum atomic E-state index is 12.3. The van der Waals surface area contributed by atoms with E-state index in [4.69, 9.17) is 4.74 Å². The third-order valence-corrected chi connectivity index (χ3v) is 3.39. The van der Waals surface area contributed by atoms with Gasteiger partial charge in [0.15, 0.2) is 0 Å². The van der Waals surface area contributed by atoms with E-state index in [1.165, 1.54) is 25.3 Å². The van der Waals surface area contributed by atoms with Crippen molar-refractivity contribution < 1.29 is 14.5 Å². The van der Waals surface area contributed by atoms with Crippen LogP contribution in [-0.2, 0) is 0 Å². The topological polar surface area (TPSA) is 81.5 Å². The highest BCUT2D eigenvalue weighted by Crippen LogP contribution is 2.25. The van der Waals surface area contributed by atoms with Gasteiger partial charge in [-0.05, 0) is 46.9 Å². The standard InChI is InChI=1S/C14H11IN2O4/c1-21-13-6-5-11(17(19)20)8-12(13)14(18)16-10-4-2-3-9(15)7-10/h2-8H,1H3,(H,16,18). The van der Waals surface area contributed by atoms with Crippen LogP contribution in [0.15, 0.2) is 42.5 Å². The minimum atomic E-state index is -0.554. The lowest BCUT2D eigenvalue weighted by Gasteiger charge is -2.09. The molecular formula is C14H11IN2O4. The van der Waals surface area contributed by atoms with Gasteiger partial charge in [0.1, 0.15) is 5.75 Å². The second-order valence-corrected chi connectivity index (χ2v) is 5.35. The van der Waals surface area contributed by atoms with Crippen molar-refractivity contribution in [1.29, 1.82) is 0 Å². The highest BCUT2D eigenvalue weighted by Gasteiger charge is 2.17. The van der Waals surface area contributed by atoms with E-state index in [1.807, 2.05) is 12.1 Å². The molecule has 0 fully saturated rings. The molecule has 1 amide bonds. The van der Waals surface area contributed by atoms with Gasteiger partial charge < -0.3 is 10.1 Å². The number of methoxy groups -OCH3 is 1. The number of amides is 1. The average molecular weight is 398 g/mol. The molecule has 108 valence electrons. The first-order valence-electron chi connectivity index (χ1n) is 5.90.